The summed E-state index contributed by atoms with van der Waals surface area (Å²) in [5, 5.41) is 4.86. The Morgan fingerprint density at radius 3 is 1.62 bits per heavy atom. The van der Waals surface area contributed by atoms with Crippen LogP contribution in [0.2, 0.25) is 0 Å². The molecular weight excluding hydrogens is 611 g/mol. The molecule has 0 aliphatic carbocycles. The Hall–Kier alpha value is -6.85. The monoisotopic (exact) mass is 639 g/mol. The second-order valence-corrected chi connectivity index (χ2v) is 12.5. The van der Waals surface area contributed by atoms with Gasteiger partial charge in [0.2, 0.25) is 0 Å². The first kappa shape index (κ1) is 28.2. The van der Waals surface area contributed by atoms with Crippen LogP contribution in [0.25, 0.3) is 89.0 Å². The lowest BCUT2D eigenvalue weighted by molar-refractivity contribution is 1.07. The number of hydrogen-bond donors (Lipinski definition) is 0. The molecule has 4 aromatic heterocycles. The first-order chi connectivity index (χ1) is 24.8. The molecule has 0 radical (unpaired) electrons. The van der Waals surface area contributed by atoms with Crippen LogP contribution >= 0.6 is 0 Å². The highest BCUT2D eigenvalue weighted by Crippen LogP contribution is 2.41. The molecule has 0 aliphatic rings. The molecule has 0 atom stereocenters. The first-order valence-electron chi connectivity index (χ1n) is 16.8. The van der Waals surface area contributed by atoms with E-state index >= 15 is 0 Å². The minimum atomic E-state index is 0.639. The van der Waals surface area contributed by atoms with E-state index in [1.807, 2.05) is 42.6 Å². The zero-order valence-corrected chi connectivity index (χ0v) is 27.0. The lowest BCUT2D eigenvalue weighted by atomic mass is 10.1. The van der Waals surface area contributed by atoms with Gasteiger partial charge in [-0.3, -0.25) is 4.57 Å². The second-order valence-electron chi connectivity index (χ2n) is 12.5. The van der Waals surface area contributed by atoms with Gasteiger partial charge in [0.05, 0.1) is 33.5 Å². The summed E-state index contributed by atoms with van der Waals surface area (Å²) in [7, 11) is 0. The van der Waals surface area contributed by atoms with Crippen molar-refractivity contribution in [2.45, 2.75) is 0 Å². The molecular formula is C45H29N5. The molecule has 0 unspecified atom stereocenters. The smallest absolute Gasteiger partial charge is 0.161 e. The molecule has 0 spiro atoms. The Bertz CT molecular complexity index is 2780. The molecule has 10 rings (SSSR count). The van der Waals surface area contributed by atoms with Crippen LogP contribution in [0.3, 0.4) is 0 Å². The predicted molar refractivity (Wildman–Crippen MR) is 205 cm³/mol. The Labute approximate surface area is 288 Å². The van der Waals surface area contributed by atoms with Crippen molar-refractivity contribution in [2.24, 2.45) is 0 Å². The Balaban J connectivity index is 1.18. The number of fused-ring (bicyclic) bond motifs is 7. The minimum absolute atomic E-state index is 0.639. The standard InChI is InChI=1S/C45H29N5/c1-4-14-30(15-5-1)37-28-38(31-16-6-2-7-17-31)48-45(47-37)32-24-27-42(46-29-32)50-40-23-13-11-21-36(40)43-41(50)26-25-35-34-20-10-12-22-39(34)49(44(35)43)33-18-8-3-9-19-33/h1-29H. The normalized spacial score (nSPS) is 11.6. The number of hydrogen-bond acceptors (Lipinski definition) is 3. The van der Waals surface area contributed by atoms with Crippen molar-refractivity contribution in [3.8, 4) is 45.4 Å². The van der Waals surface area contributed by atoms with Gasteiger partial charge >= 0.3 is 0 Å². The fourth-order valence-electron chi connectivity index (χ4n) is 7.34. The van der Waals surface area contributed by atoms with Crippen molar-refractivity contribution in [2.75, 3.05) is 0 Å². The Morgan fingerprint density at radius 1 is 0.400 bits per heavy atom. The highest BCUT2D eigenvalue weighted by Gasteiger charge is 2.21. The third-order valence-corrected chi connectivity index (χ3v) is 9.58. The highest BCUT2D eigenvalue weighted by atomic mass is 15.1. The van der Waals surface area contributed by atoms with Crippen molar-refractivity contribution in [3.05, 3.63) is 176 Å². The molecule has 4 heterocycles. The van der Waals surface area contributed by atoms with E-state index in [1.165, 1.54) is 32.6 Å². The van der Waals surface area contributed by atoms with Gasteiger partial charge < -0.3 is 4.57 Å². The summed E-state index contributed by atoms with van der Waals surface area (Å²) in [4.78, 5) is 15.1. The van der Waals surface area contributed by atoms with Gasteiger partial charge in [0.1, 0.15) is 5.82 Å². The quantitative estimate of drug-likeness (QED) is 0.188. The van der Waals surface area contributed by atoms with Gasteiger partial charge in [-0.1, -0.05) is 121 Å². The number of pyridine rings is 1. The average molecular weight is 640 g/mol. The van der Waals surface area contributed by atoms with Gasteiger partial charge in [0.25, 0.3) is 0 Å². The third-order valence-electron chi connectivity index (χ3n) is 9.58. The van der Waals surface area contributed by atoms with E-state index in [2.05, 4.69) is 143 Å². The molecule has 5 nitrogen and oxygen atoms in total. The molecule has 0 N–H and O–H groups in total. The predicted octanol–water partition coefficient (Wildman–Crippen LogP) is 11.1. The second kappa shape index (κ2) is 11.4. The van der Waals surface area contributed by atoms with Crippen LogP contribution < -0.4 is 0 Å². The maximum absolute atomic E-state index is 5.08. The lowest BCUT2D eigenvalue weighted by Gasteiger charge is -2.11. The summed E-state index contributed by atoms with van der Waals surface area (Å²) in [5.41, 5.74) is 10.4. The number of benzene rings is 6. The van der Waals surface area contributed by atoms with Crippen molar-refractivity contribution < 1.29 is 0 Å². The number of rotatable bonds is 5. The SMILES string of the molecule is c1ccc(-c2cc(-c3ccccc3)nc(-c3ccc(-n4c5ccccc5c5c4ccc4c6ccccc6n(-c6ccccc6)c45)nc3)n2)cc1. The lowest BCUT2D eigenvalue weighted by Crippen LogP contribution is -1.99. The highest BCUT2D eigenvalue weighted by molar-refractivity contribution is 6.26. The maximum Gasteiger partial charge on any atom is 0.161 e. The summed E-state index contributed by atoms with van der Waals surface area (Å²) in [6.45, 7) is 0. The molecule has 50 heavy (non-hydrogen) atoms. The van der Waals surface area contributed by atoms with Crippen molar-refractivity contribution in [1.82, 2.24) is 24.1 Å². The largest absolute Gasteiger partial charge is 0.309 e. The van der Waals surface area contributed by atoms with Crippen LogP contribution in [0.1, 0.15) is 0 Å². The summed E-state index contributed by atoms with van der Waals surface area (Å²) < 4.78 is 4.68. The van der Waals surface area contributed by atoms with E-state index in [1.54, 1.807) is 0 Å². The number of nitrogens with zero attached hydrogens (tertiary/aromatic N) is 5. The van der Waals surface area contributed by atoms with E-state index in [0.29, 0.717) is 5.82 Å². The number of aromatic nitrogens is 5. The molecule has 0 bridgehead atoms. The van der Waals surface area contributed by atoms with Crippen LogP contribution in [0.5, 0.6) is 0 Å². The Morgan fingerprint density at radius 2 is 0.980 bits per heavy atom. The van der Waals surface area contributed by atoms with E-state index < -0.39 is 0 Å². The van der Waals surface area contributed by atoms with Gasteiger partial charge in [-0.05, 0) is 48.5 Å². The molecule has 0 fully saturated rings. The van der Waals surface area contributed by atoms with Crippen LogP contribution in [0.15, 0.2) is 176 Å². The summed E-state index contributed by atoms with van der Waals surface area (Å²) in [5.74, 6) is 1.48. The summed E-state index contributed by atoms with van der Waals surface area (Å²) in [6, 6.07) is 59.2. The van der Waals surface area contributed by atoms with Gasteiger partial charge in [-0.15, -0.1) is 0 Å². The Kier molecular flexibility index (Phi) is 6.42. The van der Waals surface area contributed by atoms with Gasteiger partial charge in [0.15, 0.2) is 5.82 Å². The number of para-hydroxylation sites is 3. The fourth-order valence-corrected chi connectivity index (χ4v) is 7.34. The first-order valence-corrected chi connectivity index (χ1v) is 16.8. The van der Waals surface area contributed by atoms with Gasteiger partial charge in [-0.2, -0.15) is 0 Å². The molecule has 0 saturated carbocycles. The van der Waals surface area contributed by atoms with Crippen molar-refractivity contribution >= 4 is 43.6 Å². The maximum atomic E-state index is 5.08. The minimum Gasteiger partial charge on any atom is -0.309 e. The van der Waals surface area contributed by atoms with E-state index in [9.17, 15) is 0 Å². The van der Waals surface area contributed by atoms with Crippen LogP contribution in [-0.4, -0.2) is 24.1 Å². The topological polar surface area (TPSA) is 48.5 Å². The average Bonchev–Trinajstić information content (AvgIpc) is 3.72. The van der Waals surface area contributed by atoms with Gasteiger partial charge in [-0.25, -0.2) is 15.0 Å². The third kappa shape index (κ3) is 4.45. The molecule has 0 saturated heterocycles. The van der Waals surface area contributed by atoms with E-state index in [0.717, 1.165) is 50.6 Å². The molecule has 10 aromatic rings. The van der Waals surface area contributed by atoms with Crippen molar-refractivity contribution in [1.29, 1.82) is 0 Å². The van der Waals surface area contributed by atoms with Gasteiger partial charge in [0, 0.05) is 50.1 Å². The molecule has 6 aromatic carbocycles. The van der Waals surface area contributed by atoms with E-state index in [-0.39, 0.29) is 0 Å². The fraction of sp³-hybridized carbons (Fsp3) is 0. The zero-order valence-electron chi connectivity index (χ0n) is 27.0. The zero-order chi connectivity index (χ0) is 33.0. The van der Waals surface area contributed by atoms with Crippen LogP contribution in [-0.2, 0) is 0 Å². The molecule has 0 amide bonds. The van der Waals surface area contributed by atoms with Crippen LogP contribution in [0, 0.1) is 0 Å². The summed E-state index contributed by atoms with van der Waals surface area (Å²) in [6.07, 6.45) is 1.90. The summed E-state index contributed by atoms with van der Waals surface area (Å²) >= 11 is 0. The van der Waals surface area contributed by atoms with Crippen LogP contribution in [0.4, 0.5) is 0 Å². The van der Waals surface area contributed by atoms with Crippen molar-refractivity contribution in [3.63, 3.8) is 0 Å². The molecule has 5 heteroatoms. The molecule has 234 valence electrons. The van der Waals surface area contributed by atoms with E-state index in [4.69, 9.17) is 15.0 Å². The molecule has 0 aliphatic heterocycles.